The second-order valence-electron chi connectivity index (χ2n) is 14.7. The molecule has 10 nitrogen and oxygen atoms in total. The van der Waals surface area contributed by atoms with Crippen molar-refractivity contribution >= 4 is 40.1 Å². The number of nitrogens with zero attached hydrogens (tertiary/aromatic N) is 3. The van der Waals surface area contributed by atoms with Gasteiger partial charge in [0.15, 0.2) is 6.29 Å². The molecular formula is C43H63N5O5. The highest BCUT2D eigenvalue weighted by Crippen LogP contribution is 2.32. The van der Waals surface area contributed by atoms with Gasteiger partial charge in [-0.05, 0) is 111 Å². The van der Waals surface area contributed by atoms with Gasteiger partial charge in [0.25, 0.3) is 0 Å². The van der Waals surface area contributed by atoms with E-state index >= 15 is 0 Å². The van der Waals surface area contributed by atoms with Crippen LogP contribution in [0.3, 0.4) is 0 Å². The second-order valence-corrected chi connectivity index (χ2v) is 14.7. The summed E-state index contributed by atoms with van der Waals surface area (Å²) in [5.41, 5.74) is 16.8. The van der Waals surface area contributed by atoms with Gasteiger partial charge in [-0.3, -0.25) is 9.78 Å². The van der Waals surface area contributed by atoms with Gasteiger partial charge in [-0.15, -0.1) is 0 Å². The van der Waals surface area contributed by atoms with Crippen LogP contribution in [0.15, 0.2) is 18.2 Å². The van der Waals surface area contributed by atoms with Crippen LogP contribution in [0, 0.1) is 20.8 Å². The number of allylic oxidation sites excluding steroid dienone is 1. The lowest BCUT2D eigenvalue weighted by Gasteiger charge is -2.32. The van der Waals surface area contributed by atoms with Crippen molar-refractivity contribution in [3.63, 3.8) is 0 Å². The average Bonchev–Trinajstić information content (AvgIpc) is 3.86. The fourth-order valence-electron chi connectivity index (χ4n) is 7.12. The van der Waals surface area contributed by atoms with Crippen molar-refractivity contribution in [1.82, 2.24) is 24.8 Å². The largest absolute Gasteiger partial charge is 0.394 e. The van der Waals surface area contributed by atoms with E-state index in [1.807, 2.05) is 0 Å². The number of rotatable bonds is 9. The molecule has 0 saturated carbocycles. The Hall–Kier alpha value is -3.83. The molecule has 0 radical (unpaired) electrons. The van der Waals surface area contributed by atoms with Crippen LogP contribution < -0.4 is 0 Å². The maximum atomic E-state index is 10.3. The van der Waals surface area contributed by atoms with Gasteiger partial charge in [0.2, 0.25) is 6.41 Å². The summed E-state index contributed by atoms with van der Waals surface area (Å²) < 4.78 is 10.9. The SMILES string of the molecule is CCC.CCc1c(C)c2cc3[nH]c(cc4nc(c(C)c5nc(cc1[nH]2)C(C)=C5)CC4C)c(C)c3CC.CN(C=O)CCCOC1CC(O)CC(CO)O1. The van der Waals surface area contributed by atoms with Crippen molar-refractivity contribution in [2.24, 2.45) is 0 Å². The number of aromatic amines is 2. The third kappa shape index (κ3) is 10.4. The van der Waals surface area contributed by atoms with E-state index < -0.39 is 12.4 Å². The number of H-pyrrole nitrogens is 2. The zero-order chi connectivity index (χ0) is 38.8. The van der Waals surface area contributed by atoms with Crippen molar-refractivity contribution in [3.05, 3.63) is 68.8 Å². The summed E-state index contributed by atoms with van der Waals surface area (Å²) >= 11 is 0. The van der Waals surface area contributed by atoms with E-state index in [1.54, 1.807) is 7.05 Å². The molecule has 10 heteroatoms. The fraction of sp³-hybridized carbons (Fsp3) is 0.558. The Labute approximate surface area is 316 Å². The van der Waals surface area contributed by atoms with Gasteiger partial charge in [-0.2, -0.15) is 0 Å². The van der Waals surface area contributed by atoms with Crippen LogP contribution in [0.2, 0.25) is 0 Å². The molecule has 4 atom stereocenters. The van der Waals surface area contributed by atoms with Gasteiger partial charge in [-0.1, -0.05) is 41.0 Å². The maximum Gasteiger partial charge on any atom is 0.209 e. The first kappa shape index (κ1) is 41.9. The molecule has 1 saturated heterocycles. The number of ether oxygens (including phenoxy) is 2. The molecule has 8 bridgehead atoms. The number of hydrogen-bond donors (Lipinski definition) is 4. The predicted octanol–water partition coefficient (Wildman–Crippen LogP) is 8.03. The molecule has 3 aliphatic rings. The highest BCUT2D eigenvalue weighted by Gasteiger charge is 2.28. The number of aliphatic hydroxyl groups is 2. The van der Waals surface area contributed by atoms with Crippen molar-refractivity contribution in [2.75, 3.05) is 26.8 Å². The first-order valence-electron chi connectivity index (χ1n) is 19.5. The van der Waals surface area contributed by atoms with Crippen LogP contribution in [0.1, 0.15) is 124 Å². The molecule has 3 aromatic rings. The first-order valence-corrected chi connectivity index (χ1v) is 19.5. The Morgan fingerprint density at radius 3 is 2.15 bits per heavy atom. The molecule has 53 heavy (non-hydrogen) atoms. The number of carbonyl (C=O) groups is 1. The fourth-order valence-corrected chi connectivity index (χ4v) is 7.12. The number of amides is 1. The zero-order valence-corrected chi connectivity index (χ0v) is 33.7. The van der Waals surface area contributed by atoms with Gasteiger partial charge < -0.3 is 34.6 Å². The van der Waals surface area contributed by atoms with Crippen molar-refractivity contribution in [3.8, 4) is 0 Å². The minimum atomic E-state index is -0.483. The lowest BCUT2D eigenvalue weighted by molar-refractivity contribution is -0.221. The molecule has 0 aromatic carbocycles. The van der Waals surface area contributed by atoms with E-state index in [9.17, 15) is 9.90 Å². The monoisotopic (exact) mass is 729 g/mol. The van der Waals surface area contributed by atoms with E-state index in [1.165, 1.54) is 61.3 Å². The number of nitrogens with one attached hydrogen (secondary N) is 2. The van der Waals surface area contributed by atoms with Crippen molar-refractivity contribution < 1.29 is 24.5 Å². The summed E-state index contributed by atoms with van der Waals surface area (Å²) in [6.07, 6.45) is 7.46. The van der Waals surface area contributed by atoms with Gasteiger partial charge in [0.1, 0.15) is 0 Å². The first-order chi connectivity index (χ1) is 25.4. The Bertz CT molecular complexity index is 1890. The van der Waals surface area contributed by atoms with Gasteiger partial charge in [0.05, 0.1) is 36.8 Å². The van der Waals surface area contributed by atoms with E-state index in [4.69, 9.17) is 24.5 Å². The Morgan fingerprint density at radius 1 is 0.925 bits per heavy atom. The summed E-state index contributed by atoms with van der Waals surface area (Å²) in [6.45, 7) is 20.7. The molecule has 0 spiro atoms. The number of aromatic nitrogens is 4. The summed E-state index contributed by atoms with van der Waals surface area (Å²) in [6, 6.07) is 6.76. The van der Waals surface area contributed by atoms with E-state index in [-0.39, 0.29) is 12.7 Å². The second kappa shape index (κ2) is 19.5. The lowest BCUT2D eigenvalue weighted by Crippen LogP contribution is -2.39. The molecule has 6 heterocycles. The smallest absolute Gasteiger partial charge is 0.209 e. The van der Waals surface area contributed by atoms with Crippen LogP contribution in [-0.2, 0) is 33.5 Å². The Balaban J connectivity index is 0.000000265. The summed E-state index contributed by atoms with van der Waals surface area (Å²) in [7, 11) is 1.70. The van der Waals surface area contributed by atoms with Crippen molar-refractivity contribution in [2.45, 2.75) is 132 Å². The molecule has 1 fully saturated rings. The molecule has 6 rings (SSSR count). The Kier molecular flexibility index (Phi) is 15.4. The number of carbonyl (C=O) groups excluding carboxylic acids is 1. The zero-order valence-electron chi connectivity index (χ0n) is 33.7. The molecule has 1 amide bonds. The average molecular weight is 730 g/mol. The molecule has 290 valence electrons. The van der Waals surface area contributed by atoms with Gasteiger partial charge in [0, 0.05) is 65.8 Å². The van der Waals surface area contributed by atoms with Crippen molar-refractivity contribution in [1.29, 1.82) is 0 Å². The lowest BCUT2D eigenvalue weighted by atomic mass is 10.0. The van der Waals surface area contributed by atoms with E-state index in [0.717, 1.165) is 60.4 Å². The summed E-state index contributed by atoms with van der Waals surface area (Å²) in [4.78, 5) is 29.4. The molecule has 3 aromatic heterocycles. The summed E-state index contributed by atoms with van der Waals surface area (Å²) in [5.74, 6) is 0.396. The molecule has 0 aliphatic carbocycles. The van der Waals surface area contributed by atoms with Crippen LogP contribution in [0.5, 0.6) is 0 Å². The number of hydrogen-bond acceptors (Lipinski definition) is 7. The maximum absolute atomic E-state index is 10.3. The normalized spacial score (nSPS) is 19.4. The molecule has 3 aliphatic heterocycles. The van der Waals surface area contributed by atoms with Crippen LogP contribution in [-0.4, -0.2) is 86.8 Å². The van der Waals surface area contributed by atoms with Gasteiger partial charge >= 0.3 is 0 Å². The predicted molar refractivity (Wildman–Crippen MR) is 216 cm³/mol. The minimum Gasteiger partial charge on any atom is -0.394 e. The van der Waals surface area contributed by atoms with Gasteiger partial charge in [-0.25, -0.2) is 4.98 Å². The van der Waals surface area contributed by atoms with Crippen LogP contribution >= 0.6 is 0 Å². The quantitative estimate of drug-likeness (QED) is 0.129. The highest BCUT2D eigenvalue weighted by molar-refractivity contribution is 5.85. The van der Waals surface area contributed by atoms with Crippen LogP contribution in [0.4, 0.5) is 0 Å². The third-order valence-electron chi connectivity index (χ3n) is 10.2. The number of fused-ring (bicyclic) bond motifs is 8. The number of aliphatic hydroxyl groups excluding tert-OH is 2. The molecule has 4 N–H and O–H groups in total. The molecule has 4 unspecified atom stereocenters. The van der Waals surface area contributed by atoms with E-state index in [0.29, 0.717) is 31.9 Å². The third-order valence-corrected chi connectivity index (χ3v) is 10.2. The highest BCUT2D eigenvalue weighted by atomic mass is 16.7. The van der Waals surface area contributed by atoms with Crippen LogP contribution in [0.25, 0.3) is 33.7 Å². The Morgan fingerprint density at radius 2 is 1.55 bits per heavy atom. The number of aryl methyl sites for hydroxylation is 4. The topological polar surface area (TPSA) is 137 Å². The minimum absolute atomic E-state index is 0.106. The standard InChI is InChI=1S/C29H34N4.C11H21NO5.C3H8/c1-8-20-18(6)27-14-29-21(9-2)17(5)26(32-29)12-22-15(3)10-24(30-22)19(7)25-11-16(4)23(31-25)13-28(20)33-27;1-12(8-14)3-2-4-16-11-6-9(15)5-10(7-13)17-11;1-3-2/h11-15,32-33H,8-10H2,1-7H3;8-11,13,15H,2-7H2,1H3;3H2,1-2H3. The summed E-state index contributed by atoms with van der Waals surface area (Å²) in [5, 5.41) is 18.5. The van der Waals surface area contributed by atoms with E-state index in [2.05, 4.69) is 96.6 Å². The molecular weight excluding hydrogens is 667 g/mol.